The zero-order chi connectivity index (χ0) is 12.3. The number of hydrogen-bond donors (Lipinski definition) is 2. The number of aliphatic carboxylic acids is 1. The molecule has 0 amide bonds. The summed E-state index contributed by atoms with van der Waals surface area (Å²) in [5, 5.41) is 21.1. The number of anilines is 1. The van der Waals surface area contributed by atoms with Crippen LogP contribution < -0.4 is 10.2 Å². The van der Waals surface area contributed by atoms with Crippen LogP contribution in [0.1, 0.15) is 5.69 Å². The summed E-state index contributed by atoms with van der Waals surface area (Å²) < 4.78 is 0. The topological polar surface area (TPSA) is 102 Å². The van der Waals surface area contributed by atoms with Crippen molar-refractivity contribution in [2.45, 2.75) is 6.04 Å². The number of rotatable bonds is 2. The molecule has 17 heavy (non-hydrogen) atoms. The third-order valence-corrected chi connectivity index (χ3v) is 2.59. The minimum Gasteiger partial charge on any atom is -0.480 e. The second kappa shape index (κ2) is 4.76. The first kappa shape index (κ1) is 11.3. The van der Waals surface area contributed by atoms with E-state index in [-0.39, 0.29) is 5.69 Å². The predicted molar refractivity (Wildman–Crippen MR) is 58.4 cm³/mol. The fourth-order valence-electron chi connectivity index (χ4n) is 1.80. The molecule has 1 saturated heterocycles. The molecule has 0 aromatic carbocycles. The maximum absolute atomic E-state index is 11.1. The molecule has 1 aliphatic heterocycles. The Morgan fingerprint density at radius 1 is 1.59 bits per heavy atom. The van der Waals surface area contributed by atoms with E-state index in [0.29, 0.717) is 25.5 Å². The molecule has 2 rings (SSSR count). The number of piperazine rings is 1. The molecule has 1 atom stereocenters. The number of nitriles is 1. The lowest BCUT2D eigenvalue weighted by atomic mass is 10.2. The van der Waals surface area contributed by atoms with E-state index in [1.54, 1.807) is 4.90 Å². The molecule has 7 heteroatoms. The Labute approximate surface area is 97.7 Å². The first-order chi connectivity index (χ1) is 8.24. The molecule has 1 aromatic heterocycles. The summed E-state index contributed by atoms with van der Waals surface area (Å²) >= 11 is 0. The van der Waals surface area contributed by atoms with Gasteiger partial charge in [0.1, 0.15) is 12.1 Å². The van der Waals surface area contributed by atoms with Crippen LogP contribution in [0, 0.1) is 11.3 Å². The van der Waals surface area contributed by atoms with Crippen molar-refractivity contribution in [2.24, 2.45) is 0 Å². The average Bonchev–Trinajstić information content (AvgIpc) is 2.38. The molecule has 1 aromatic rings. The largest absolute Gasteiger partial charge is 0.480 e. The first-order valence-corrected chi connectivity index (χ1v) is 5.15. The fraction of sp³-hybridized carbons (Fsp3) is 0.400. The van der Waals surface area contributed by atoms with Crippen LogP contribution in [0.25, 0.3) is 0 Å². The highest BCUT2D eigenvalue weighted by atomic mass is 16.4. The van der Waals surface area contributed by atoms with Gasteiger partial charge in [0.25, 0.3) is 0 Å². The van der Waals surface area contributed by atoms with Gasteiger partial charge in [-0.1, -0.05) is 0 Å². The van der Waals surface area contributed by atoms with Crippen molar-refractivity contribution in [3.63, 3.8) is 0 Å². The van der Waals surface area contributed by atoms with E-state index in [0.717, 1.165) is 0 Å². The Hall–Kier alpha value is -2.20. The van der Waals surface area contributed by atoms with E-state index in [1.165, 1.54) is 12.4 Å². The standard InChI is InChI=1S/C10H11N5O2/c11-5-7-9(14-2-1-13-7)15-4-3-12-6-8(15)10(16)17/h1-2,8,12H,3-4,6H2,(H,16,17). The molecule has 0 saturated carbocycles. The van der Waals surface area contributed by atoms with Gasteiger partial charge < -0.3 is 15.3 Å². The van der Waals surface area contributed by atoms with Crippen molar-refractivity contribution in [3.8, 4) is 6.07 Å². The molecule has 88 valence electrons. The summed E-state index contributed by atoms with van der Waals surface area (Å²) in [5.74, 6) is -0.601. The highest BCUT2D eigenvalue weighted by Gasteiger charge is 2.30. The summed E-state index contributed by atoms with van der Waals surface area (Å²) in [6, 6.07) is 1.21. The van der Waals surface area contributed by atoms with Crippen LogP contribution in [-0.2, 0) is 4.79 Å². The number of nitrogens with zero attached hydrogens (tertiary/aromatic N) is 4. The van der Waals surface area contributed by atoms with Crippen LogP contribution in [0.3, 0.4) is 0 Å². The molecule has 2 heterocycles. The fourth-order valence-corrected chi connectivity index (χ4v) is 1.80. The van der Waals surface area contributed by atoms with Crippen molar-refractivity contribution < 1.29 is 9.90 Å². The van der Waals surface area contributed by atoms with Gasteiger partial charge in [-0.2, -0.15) is 5.26 Å². The zero-order valence-corrected chi connectivity index (χ0v) is 9.00. The molecule has 1 unspecified atom stereocenters. The summed E-state index contributed by atoms with van der Waals surface area (Å²) in [7, 11) is 0. The van der Waals surface area contributed by atoms with Crippen molar-refractivity contribution in [1.82, 2.24) is 15.3 Å². The van der Waals surface area contributed by atoms with Gasteiger partial charge in [-0.05, 0) is 0 Å². The van der Waals surface area contributed by atoms with E-state index >= 15 is 0 Å². The number of carbonyl (C=O) groups is 1. The van der Waals surface area contributed by atoms with Gasteiger partial charge in [0.2, 0.25) is 0 Å². The minimum absolute atomic E-state index is 0.153. The van der Waals surface area contributed by atoms with Gasteiger partial charge in [0.05, 0.1) is 0 Å². The normalized spacial score (nSPS) is 19.7. The van der Waals surface area contributed by atoms with Crippen LogP contribution in [0.4, 0.5) is 5.82 Å². The number of hydrogen-bond acceptors (Lipinski definition) is 6. The lowest BCUT2D eigenvalue weighted by Gasteiger charge is -2.34. The lowest BCUT2D eigenvalue weighted by Crippen LogP contribution is -2.55. The molecular formula is C10H11N5O2. The Morgan fingerprint density at radius 2 is 2.35 bits per heavy atom. The van der Waals surface area contributed by atoms with Crippen LogP contribution in [0.2, 0.25) is 0 Å². The van der Waals surface area contributed by atoms with E-state index in [2.05, 4.69) is 15.3 Å². The molecule has 1 aliphatic rings. The van der Waals surface area contributed by atoms with E-state index in [4.69, 9.17) is 10.4 Å². The molecular weight excluding hydrogens is 222 g/mol. The number of carboxylic acid groups (broad SMARTS) is 1. The first-order valence-electron chi connectivity index (χ1n) is 5.15. The van der Waals surface area contributed by atoms with Crippen LogP contribution >= 0.6 is 0 Å². The minimum atomic E-state index is -0.938. The monoisotopic (exact) mass is 233 g/mol. The van der Waals surface area contributed by atoms with Crippen molar-refractivity contribution in [1.29, 1.82) is 5.26 Å². The van der Waals surface area contributed by atoms with E-state index in [1.807, 2.05) is 6.07 Å². The summed E-state index contributed by atoms with van der Waals surface area (Å²) in [4.78, 5) is 20.7. The molecule has 0 bridgehead atoms. The molecule has 0 radical (unpaired) electrons. The SMILES string of the molecule is N#Cc1nccnc1N1CCNCC1C(=O)O. The maximum Gasteiger partial charge on any atom is 0.327 e. The Bertz CT molecular complexity index is 470. The zero-order valence-electron chi connectivity index (χ0n) is 9.00. The van der Waals surface area contributed by atoms with Crippen molar-refractivity contribution >= 4 is 11.8 Å². The van der Waals surface area contributed by atoms with Gasteiger partial charge in [0, 0.05) is 32.0 Å². The molecule has 1 fully saturated rings. The van der Waals surface area contributed by atoms with E-state index < -0.39 is 12.0 Å². The Balaban J connectivity index is 2.36. The molecule has 7 nitrogen and oxygen atoms in total. The van der Waals surface area contributed by atoms with Crippen LogP contribution in [0.15, 0.2) is 12.4 Å². The Morgan fingerprint density at radius 3 is 3.06 bits per heavy atom. The third-order valence-electron chi connectivity index (χ3n) is 2.59. The van der Waals surface area contributed by atoms with Crippen LogP contribution in [-0.4, -0.2) is 46.7 Å². The second-order valence-corrected chi connectivity index (χ2v) is 3.59. The maximum atomic E-state index is 11.1. The third kappa shape index (κ3) is 2.16. The summed E-state index contributed by atoms with van der Waals surface area (Å²) in [5.41, 5.74) is 0.153. The quantitative estimate of drug-likeness (QED) is 0.690. The number of carboxylic acids is 1. The summed E-state index contributed by atoms with van der Waals surface area (Å²) in [6.45, 7) is 1.48. The van der Waals surface area contributed by atoms with E-state index in [9.17, 15) is 4.79 Å². The van der Waals surface area contributed by atoms with Gasteiger partial charge in [-0.25, -0.2) is 14.8 Å². The van der Waals surface area contributed by atoms with Crippen molar-refractivity contribution in [3.05, 3.63) is 18.1 Å². The van der Waals surface area contributed by atoms with Gasteiger partial charge in [0.15, 0.2) is 11.5 Å². The van der Waals surface area contributed by atoms with Gasteiger partial charge in [-0.3, -0.25) is 0 Å². The van der Waals surface area contributed by atoms with Crippen LogP contribution in [0.5, 0.6) is 0 Å². The molecule has 0 spiro atoms. The highest BCUT2D eigenvalue weighted by molar-refractivity contribution is 5.79. The average molecular weight is 233 g/mol. The molecule has 2 N–H and O–H groups in total. The predicted octanol–water partition coefficient (Wildman–Crippen LogP) is -0.789. The lowest BCUT2D eigenvalue weighted by molar-refractivity contribution is -0.138. The second-order valence-electron chi connectivity index (χ2n) is 3.59. The highest BCUT2D eigenvalue weighted by Crippen LogP contribution is 2.18. The number of aromatic nitrogens is 2. The van der Waals surface area contributed by atoms with Gasteiger partial charge in [-0.15, -0.1) is 0 Å². The summed E-state index contributed by atoms with van der Waals surface area (Å²) in [6.07, 6.45) is 2.87. The smallest absolute Gasteiger partial charge is 0.327 e. The Kier molecular flexibility index (Phi) is 3.16. The number of nitrogens with one attached hydrogen (secondary N) is 1. The molecule has 0 aliphatic carbocycles. The van der Waals surface area contributed by atoms with Gasteiger partial charge >= 0.3 is 5.97 Å². The van der Waals surface area contributed by atoms with Crippen molar-refractivity contribution in [2.75, 3.05) is 24.5 Å².